The molecule has 2 amide bonds. The monoisotopic (exact) mass is 461 g/mol. The van der Waals surface area contributed by atoms with Crippen molar-refractivity contribution in [1.29, 1.82) is 0 Å². The fourth-order valence-electron chi connectivity index (χ4n) is 3.73. The van der Waals surface area contributed by atoms with Crippen molar-refractivity contribution in [3.8, 4) is 5.75 Å². The predicted molar refractivity (Wildman–Crippen MR) is 121 cm³/mol. The van der Waals surface area contributed by atoms with Gasteiger partial charge in [-0.3, -0.25) is 19.4 Å². The normalized spacial score (nSPS) is 17.5. The second-order valence-corrected chi connectivity index (χ2v) is 8.65. The lowest BCUT2D eigenvalue weighted by atomic mass is 10.2. The molecule has 0 atom stereocenters. The third kappa shape index (κ3) is 4.77. The Hall–Kier alpha value is -2.39. The minimum absolute atomic E-state index is 0.249. The number of amides is 2. The van der Waals surface area contributed by atoms with E-state index in [1.54, 1.807) is 25.3 Å². The maximum Gasteiger partial charge on any atom is 0.278 e. The molecular weight excluding hydrogens is 438 g/mol. The zero-order valence-corrected chi connectivity index (χ0v) is 18.8. The molecule has 1 N–H and O–H groups in total. The molecule has 1 aromatic carbocycles. The van der Waals surface area contributed by atoms with E-state index in [1.807, 2.05) is 17.5 Å². The standard InChI is InChI=1S/C22H24ClN3O4S/c1-29-17-6-5-15(23)14-16(17)24-20-19(18-4-2-13-31-18)21(27)26(22(20)28)8-3-7-25-9-11-30-12-10-25/h2,4-6,13-14,24H,3,7-12H2,1H3. The average Bonchev–Trinajstić information content (AvgIpc) is 3.37. The molecule has 9 heteroatoms. The van der Waals surface area contributed by atoms with E-state index >= 15 is 0 Å². The van der Waals surface area contributed by atoms with Crippen LogP contribution in [0.25, 0.3) is 5.57 Å². The van der Waals surface area contributed by atoms with Crippen LogP contribution in [0.2, 0.25) is 5.02 Å². The highest BCUT2D eigenvalue weighted by Crippen LogP contribution is 2.36. The SMILES string of the molecule is COc1ccc(Cl)cc1NC1=C(c2cccs2)C(=O)N(CCCN2CCOCC2)C1=O. The highest BCUT2D eigenvalue weighted by atomic mass is 35.5. The van der Waals surface area contributed by atoms with Crippen LogP contribution in [0.4, 0.5) is 5.69 Å². The Morgan fingerprint density at radius 3 is 2.68 bits per heavy atom. The third-order valence-corrected chi connectivity index (χ3v) is 6.44. The predicted octanol–water partition coefficient (Wildman–Crippen LogP) is 3.32. The molecule has 4 rings (SSSR count). The Labute approximate surface area is 190 Å². The van der Waals surface area contributed by atoms with Gasteiger partial charge < -0.3 is 14.8 Å². The first-order chi connectivity index (χ1) is 15.1. The molecule has 1 saturated heterocycles. The number of imide groups is 1. The molecule has 0 saturated carbocycles. The van der Waals surface area contributed by atoms with Crippen molar-refractivity contribution >= 4 is 46.0 Å². The lowest BCUT2D eigenvalue weighted by Crippen LogP contribution is -2.39. The van der Waals surface area contributed by atoms with Gasteiger partial charge >= 0.3 is 0 Å². The van der Waals surface area contributed by atoms with E-state index in [-0.39, 0.29) is 17.5 Å². The number of thiophene rings is 1. The van der Waals surface area contributed by atoms with Gasteiger partial charge in [0.25, 0.3) is 11.8 Å². The quantitative estimate of drug-likeness (QED) is 0.608. The van der Waals surface area contributed by atoms with Gasteiger partial charge in [0.15, 0.2) is 0 Å². The molecule has 3 heterocycles. The van der Waals surface area contributed by atoms with Crippen LogP contribution in [0, 0.1) is 0 Å². The van der Waals surface area contributed by atoms with Crippen molar-refractivity contribution in [3.63, 3.8) is 0 Å². The first-order valence-electron chi connectivity index (χ1n) is 10.1. The summed E-state index contributed by atoms with van der Waals surface area (Å²) in [6.45, 7) is 4.38. The van der Waals surface area contributed by atoms with Gasteiger partial charge in [0.05, 0.1) is 31.6 Å². The molecule has 2 aliphatic rings. The topological polar surface area (TPSA) is 71.1 Å². The molecular formula is C22H24ClN3O4S. The summed E-state index contributed by atoms with van der Waals surface area (Å²) in [7, 11) is 1.54. The first-order valence-corrected chi connectivity index (χ1v) is 11.4. The molecule has 0 unspecified atom stereocenters. The number of carbonyl (C=O) groups is 2. The van der Waals surface area contributed by atoms with Crippen LogP contribution in [0.5, 0.6) is 5.75 Å². The first kappa shape index (κ1) is 21.8. The number of nitrogens with one attached hydrogen (secondary N) is 1. The number of nitrogens with zero attached hydrogens (tertiary/aromatic N) is 2. The zero-order chi connectivity index (χ0) is 21.8. The summed E-state index contributed by atoms with van der Waals surface area (Å²) in [5.74, 6) is -0.0798. The molecule has 31 heavy (non-hydrogen) atoms. The molecule has 1 aromatic heterocycles. The van der Waals surface area contributed by atoms with Crippen molar-refractivity contribution < 1.29 is 19.1 Å². The number of benzene rings is 1. The molecule has 0 aliphatic carbocycles. The molecule has 0 spiro atoms. The molecule has 1 fully saturated rings. The van der Waals surface area contributed by atoms with Crippen LogP contribution >= 0.6 is 22.9 Å². The smallest absolute Gasteiger partial charge is 0.278 e. The van der Waals surface area contributed by atoms with E-state index < -0.39 is 0 Å². The van der Waals surface area contributed by atoms with Gasteiger partial charge in [-0.1, -0.05) is 17.7 Å². The number of hydrogen-bond donors (Lipinski definition) is 1. The molecule has 2 aliphatic heterocycles. The van der Waals surface area contributed by atoms with Crippen molar-refractivity contribution in [2.75, 3.05) is 51.8 Å². The second kappa shape index (κ2) is 9.82. The van der Waals surface area contributed by atoms with E-state index in [1.165, 1.54) is 16.2 Å². The Balaban J connectivity index is 1.56. The largest absolute Gasteiger partial charge is 0.495 e. The number of anilines is 1. The third-order valence-electron chi connectivity index (χ3n) is 5.32. The van der Waals surface area contributed by atoms with Crippen LogP contribution in [0.3, 0.4) is 0 Å². The van der Waals surface area contributed by atoms with E-state index in [2.05, 4.69) is 10.2 Å². The van der Waals surface area contributed by atoms with Crippen molar-refractivity contribution in [2.24, 2.45) is 0 Å². The lowest BCUT2D eigenvalue weighted by Gasteiger charge is -2.27. The highest BCUT2D eigenvalue weighted by Gasteiger charge is 2.39. The second-order valence-electron chi connectivity index (χ2n) is 7.27. The Bertz CT molecular complexity index is 987. The fourth-order valence-corrected chi connectivity index (χ4v) is 4.67. The van der Waals surface area contributed by atoms with Gasteiger partial charge in [0, 0.05) is 36.1 Å². The Morgan fingerprint density at radius 2 is 1.97 bits per heavy atom. The summed E-state index contributed by atoms with van der Waals surface area (Å²) in [5.41, 5.74) is 1.17. The number of hydrogen-bond acceptors (Lipinski definition) is 7. The summed E-state index contributed by atoms with van der Waals surface area (Å²) < 4.78 is 10.8. The van der Waals surface area contributed by atoms with Crippen LogP contribution < -0.4 is 10.1 Å². The average molecular weight is 462 g/mol. The van der Waals surface area contributed by atoms with Crippen molar-refractivity contribution in [3.05, 3.63) is 51.3 Å². The molecule has 0 radical (unpaired) electrons. The van der Waals surface area contributed by atoms with Gasteiger partial charge in [0.2, 0.25) is 0 Å². The fraction of sp³-hybridized carbons (Fsp3) is 0.364. The Morgan fingerprint density at radius 1 is 1.16 bits per heavy atom. The molecule has 164 valence electrons. The van der Waals surface area contributed by atoms with Crippen molar-refractivity contribution in [2.45, 2.75) is 6.42 Å². The van der Waals surface area contributed by atoms with Gasteiger partial charge in [0.1, 0.15) is 11.4 Å². The summed E-state index contributed by atoms with van der Waals surface area (Å²) in [6, 6.07) is 8.82. The van der Waals surface area contributed by atoms with Crippen LogP contribution in [0.15, 0.2) is 41.4 Å². The number of morpholine rings is 1. The Kier molecular flexibility index (Phi) is 6.92. The minimum atomic E-state index is -0.336. The molecule has 0 bridgehead atoms. The van der Waals surface area contributed by atoms with Crippen LogP contribution in [-0.4, -0.2) is 68.1 Å². The molecule has 7 nitrogen and oxygen atoms in total. The van der Waals surface area contributed by atoms with Gasteiger partial charge in [-0.25, -0.2) is 0 Å². The summed E-state index contributed by atoms with van der Waals surface area (Å²) >= 11 is 7.57. The number of halogens is 1. The van der Waals surface area contributed by atoms with Gasteiger partial charge in [-0.15, -0.1) is 11.3 Å². The molecule has 2 aromatic rings. The van der Waals surface area contributed by atoms with E-state index in [9.17, 15) is 9.59 Å². The van der Waals surface area contributed by atoms with Gasteiger partial charge in [-0.2, -0.15) is 0 Å². The number of methoxy groups -OCH3 is 1. The van der Waals surface area contributed by atoms with Gasteiger partial charge in [-0.05, 0) is 36.1 Å². The number of ether oxygens (including phenoxy) is 2. The summed E-state index contributed by atoms with van der Waals surface area (Å²) in [6.07, 6.45) is 0.711. The maximum absolute atomic E-state index is 13.3. The van der Waals surface area contributed by atoms with E-state index in [4.69, 9.17) is 21.1 Å². The van der Waals surface area contributed by atoms with Crippen molar-refractivity contribution in [1.82, 2.24) is 9.80 Å². The van der Waals surface area contributed by atoms with E-state index in [0.29, 0.717) is 35.0 Å². The van der Waals surface area contributed by atoms with E-state index in [0.717, 1.165) is 37.7 Å². The minimum Gasteiger partial charge on any atom is -0.495 e. The lowest BCUT2D eigenvalue weighted by molar-refractivity contribution is -0.136. The maximum atomic E-state index is 13.3. The number of carbonyl (C=O) groups excluding carboxylic acids is 2. The number of rotatable bonds is 8. The van der Waals surface area contributed by atoms with Crippen LogP contribution in [-0.2, 0) is 14.3 Å². The summed E-state index contributed by atoms with van der Waals surface area (Å²) in [4.78, 5) is 30.9. The summed E-state index contributed by atoms with van der Waals surface area (Å²) in [5, 5.41) is 5.52. The zero-order valence-electron chi connectivity index (χ0n) is 17.2. The highest BCUT2D eigenvalue weighted by molar-refractivity contribution is 7.11. The van der Waals surface area contributed by atoms with Crippen LogP contribution in [0.1, 0.15) is 11.3 Å².